The van der Waals surface area contributed by atoms with E-state index in [2.05, 4.69) is 10.3 Å². The Hall–Kier alpha value is -2.87. The van der Waals surface area contributed by atoms with Gasteiger partial charge in [0, 0.05) is 34.9 Å². The van der Waals surface area contributed by atoms with Crippen LogP contribution in [0.4, 0.5) is 0 Å². The SMILES string of the molecule is COC(=O)[C@H](Cc1cncn1Cc1cc(Cl)cc(Cl)c1)N[C@@H](CC(C)C)C(=O)Oc1ccccc1. The molecule has 0 radical (unpaired) electrons. The van der Waals surface area contributed by atoms with E-state index >= 15 is 0 Å². The largest absolute Gasteiger partial charge is 0.468 e. The molecule has 0 saturated carbocycles. The third kappa shape index (κ3) is 8.09. The average molecular weight is 518 g/mol. The molecule has 3 rings (SSSR count). The van der Waals surface area contributed by atoms with Gasteiger partial charge in [0.25, 0.3) is 0 Å². The fourth-order valence-corrected chi connectivity index (χ4v) is 4.31. The number of imidazole rings is 1. The van der Waals surface area contributed by atoms with E-state index < -0.39 is 24.0 Å². The molecule has 35 heavy (non-hydrogen) atoms. The smallest absolute Gasteiger partial charge is 0.328 e. The number of ether oxygens (including phenoxy) is 2. The molecule has 1 N–H and O–H groups in total. The van der Waals surface area contributed by atoms with Crippen LogP contribution < -0.4 is 10.1 Å². The monoisotopic (exact) mass is 517 g/mol. The highest BCUT2D eigenvalue weighted by atomic mass is 35.5. The molecule has 0 spiro atoms. The number of halogens is 2. The van der Waals surface area contributed by atoms with Crippen molar-refractivity contribution in [3.05, 3.63) is 82.4 Å². The number of aromatic nitrogens is 2. The number of para-hydroxylation sites is 1. The van der Waals surface area contributed by atoms with Crippen molar-refractivity contribution in [1.29, 1.82) is 0 Å². The fraction of sp³-hybridized carbons (Fsp3) is 0.346. The minimum absolute atomic E-state index is 0.187. The number of hydrogen-bond donors (Lipinski definition) is 1. The molecule has 186 valence electrons. The molecular weight excluding hydrogens is 489 g/mol. The number of nitrogens with one attached hydrogen (secondary N) is 1. The summed E-state index contributed by atoms with van der Waals surface area (Å²) in [6.07, 6.45) is 4.10. The molecule has 1 aromatic heterocycles. The van der Waals surface area contributed by atoms with Crippen molar-refractivity contribution in [2.24, 2.45) is 5.92 Å². The molecule has 0 aliphatic heterocycles. The predicted molar refractivity (Wildman–Crippen MR) is 136 cm³/mol. The summed E-state index contributed by atoms with van der Waals surface area (Å²) in [5.74, 6) is -0.307. The van der Waals surface area contributed by atoms with Crippen molar-refractivity contribution in [3.8, 4) is 5.75 Å². The predicted octanol–water partition coefficient (Wildman–Crippen LogP) is 4.93. The molecule has 9 heteroatoms. The average Bonchev–Trinajstić information content (AvgIpc) is 3.23. The summed E-state index contributed by atoms with van der Waals surface area (Å²) in [7, 11) is 1.32. The van der Waals surface area contributed by atoms with E-state index in [4.69, 9.17) is 32.7 Å². The number of benzene rings is 2. The number of carbonyl (C=O) groups excluding carboxylic acids is 2. The molecule has 2 aromatic carbocycles. The van der Waals surface area contributed by atoms with Gasteiger partial charge in [0.1, 0.15) is 17.8 Å². The van der Waals surface area contributed by atoms with Crippen molar-refractivity contribution in [2.45, 2.75) is 45.3 Å². The number of carbonyl (C=O) groups is 2. The van der Waals surface area contributed by atoms with Crippen LogP contribution in [-0.2, 0) is 27.3 Å². The molecular formula is C26H29Cl2N3O4. The highest BCUT2D eigenvalue weighted by Crippen LogP contribution is 2.21. The minimum atomic E-state index is -0.787. The number of nitrogens with zero attached hydrogens (tertiary/aromatic N) is 2. The maximum atomic E-state index is 13.0. The van der Waals surface area contributed by atoms with Crippen LogP contribution in [0.25, 0.3) is 0 Å². The molecule has 7 nitrogen and oxygen atoms in total. The quantitative estimate of drug-likeness (QED) is 0.286. The van der Waals surface area contributed by atoms with Gasteiger partial charge >= 0.3 is 11.9 Å². The van der Waals surface area contributed by atoms with Crippen LogP contribution in [0.2, 0.25) is 10.0 Å². The summed E-state index contributed by atoms with van der Waals surface area (Å²) in [6, 6.07) is 12.7. The first-order valence-corrected chi connectivity index (χ1v) is 12.0. The molecule has 0 bridgehead atoms. The fourth-order valence-electron chi connectivity index (χ4n) is 3.74. The van der Waals surface area contributed by atoms with Crippen molar-refractivity contribution in [3.63, 3.8) is 0 Å². The van der Waals surface area contributed by atoms with Crippen LogP contribution in [0, 0.1) is 5.92 Å². The van der Waals surface area contributed by atoms with E-state index in [0.717, 1.165) is 11.3 Å². The van der Waals surface area contributed by atoms with Gasteiger partial charge in [-0.25, -0.2) is 9.78 Å². The Labute approximate surface area is 215 Å². The van der Waals surface area contributed by atoms with Crippen LogP contribution in [0.3, 0.4) is 0 Å². The van der Waals surface area contributed by atoms with Gasteiger partial charge < -0.3 is 14.0 Å². The second kappa shape index (κ2) is 12.7. The topological polar surface area (TPSA) is 82.5 Å². The molecule has 0 unspecified atom stereocenters. The van der Waals surface area contributed by atoms with E-state index in [-0.39, 0.29) is 12.3 Å². The van der Waals surface area contributed by atoms with Gasteiger partial charge in [0.15, 0.2) is 0 Å². The van der Waals surface area contributed by atoms with E-state index in [1.165, 1.54) is 7.11 Å². The number of rotatable bonds is 11. The molecule has 1 heterocycles. The zero-order valence-corrected chi connectivity index (χ0v) is 21.4. The molecule has 0 amide bonds. The molecule has 2 atom stereocenters. The second-order valence-electron chi connectivity index (χ2n) is 8.65. The van der Waals surface area contributed by atoms with Crippen LogP contribution in [0.5, 0.6) is 5.75 Å². The Kier molecular flexibility index (Phi) is 9.72. The Morgan fingerprint density at radius 2 is 1.71 bits per heavy atom. The maximum absolute atomic E-state index is 13.0. The van der Waals surface area contributed by atoms with Crippen LogP contribution in [-0.4, -0.2) is 40.7 Å². The van der Waals surface area contributed by atoms with Crippen molar-refractivity contribution < 1.29 is 19.1 Å². The lowest BCUT2D eigenvalue weighted by atomic mass is 10.0. The Balaban J connectivity index is 1.78. The summed E-state index contributed by atoms with van der Waals surface area (Å²) < 4.78 is 12.5. The standard InChI is InChI=1S/C26H29Cl2N3O4/c1-17(2)9-23(26(33)35-22-7-5-4-6-8-22)30-24(25(32)34-3)13-21-14-29-16-31(21)15-18-10-19(27)12-20(28)11-18/h4-8,10-12,14,16-17,23-24,30H,9,13,15H2,1-3H3/t23-,24-/m0/s1. The number of esters is 2. The Morgan fingerprint density at radius 1 is 1.03 bits per heavy atom. The van der Waals surface area contributed by atoms with E-state index in [0.29, 0.717) is 28.8 Å². The number of methoxy groups -OCH3 is 1. The van der Waals surface area contributed by atoms with Crippen LogP contribution in [0.1, 0.15) is 31.5 Å². The van der Waals surface area contributed by atoms with Crippen molar-refractivity contribution in [2.75, 3.05) is 7.11 Å². The molecule has 0 aliphatic rings. The lowest BCUT2D eigenvalue weighted by molar-refractivity contribution is -0.144. The van der Waals surface area contributed by atoms with Gasteiger partial charge in [0.2, 0.25) is 0 Å². The third-order valence-corrected chi connectivity index (χ3v) is 5.76. The van der Waals surface area contributed by atoms with Gasteiger partial charge in [0.05, 0.1) is 13.4 Å². The van der Waals surface area contributed by atoms with Crippen molar-refractivity contribution in [1.82, 2.24) is 14.9 Å². The van der Waals surface area contributed by atoms with Gasteiger partial charge in [-0.15, -0.1) is 0 Å². The van der Waals surface area contributed by atoms with Gasteiger partial charge in [-0.2, -0.15) is 0 Å². The van der Waals surface area contributed by atoms with Gasteiger partial charge in [-0.1, -0.05) is 55.2 Å². The Bertz CT molecular complexity index is 1110. The first kappa shape index (κ1) is 26.7. The second-order valence-corrected chi connectivity index (χ2v) is 9.53. The maximum Gasteiger partial charge on any atom is 0.328 e. The molecule has 0 aliphatic carbocycles. The lowest BCUT2D eigenvalue weighted by Crippen LogP contribution is -2.50. The highest BCUT2D eigenvalue weighted by Gasteiger charge is 2.30. The zero-order valence-electron chi connectivity index (χ0n) is 19.9. The molecule has 0 saturated heterocycles. The molecule has 0 fully saturated rings. The van der Waals surface area contributed by atoms with E-state index in [1.54, 1.807) is 42.9 Å². The van der Waals surface area contributed by atoms with Crippen LogP contribution >= 0.6 is 23.2 Å². The highest BCUT2D eigenvalue weighted by molar-refractivity contribution is 6.34. The van der Waals surface area contributed by atoms with Gasteiger partial charge in [-0.3, -0.25) is 10.1 Å². The summed E-state index contributed by atoms with van der Waals surface area (Å²) in [6.45, 7) is 4.47. The summed E-state index contributed by atoms with van der Waals surface area (Å²) in [5.41, 5.74) is 1.68. The first-order chi connectivity index (χ1) is 16.7. The first-order valence-electron chi connectivity index (χ1n) is 11.3. The van der Waals surface area contributed by atoms with Gasteiger partial charge in [-0.05, 0) is 48.2 Å². The number of hydrogen-bond acceptors (Lipinski definition) is 6. The summed E-state index contributed by atoms with van der Waals surface area (Å²) in [4.78, 5) is 29.9. The summed E-state index contributed by atoms with van der Waals surface area (Å²) >= 11 is 12.3. The van der Waals surface area contributed by atoms with E-state index in [9.17, 15) is 9.59 Å². The summed E-state index contributed by atoms with van der Waals surface area (Å²) in [5, 5.41) is 4.25. The lowest BCUT2D eigenvalue weighted by Gasteiger charge is -2.24. The van der Waals surface area contributed by atoms with Crippen LogP contribution in [0.15, 0.2) is 61.1 Å². The third-order valence-electron chi connectivity index (χ3n) is 5.33. The molecule has 3 aromatic rings. The Morgan fingerprint density at radius 3 is 2.34 bits per heavy atom. The van der Waals surface area contributed by atoms with E-state index in [1.807, 2.05) is 36.6 Å². The minimum Gasteiger partial charge on any atom is -0.468 e. The normalized spacial score (nSPS) is 12.9. The van der Waals surface area contributed by atoms with Crippen molar-refractivity contribution >= 4 is 35.1 Å². The zero-order chi connectivity index (χ0) is 25.4.